The molecule has 0 bridgehead atoms. The minimum absolute atomic E-state index is 0.0860. The van der Waals surface area contributed by atoms with Gasteiger partial charge >= 0.3 is 5.97 Å². The minimum Gasteiger partial charge on any atom is -0.479 e. The molecule has 1 atom stereocenters. The van der Waals surface area contributed by atoms with E-state index in [1.807, 2.05) is 0 Å². The lowest BCUT2D eigenvalue weighted by Crippen LogP contribution is -2.46. The van der Waals surface area contributed by atoms with Crippen molar-refractivity contribution in [1.82, 2.24) is 5.32 Å². The summed E-state index contributed by atoms with van der Waals surface area (Å²) in [5.41, 5.74) is -1.94. The summed E-state index contributed by atoms with van der Waals surface area (Å²) in [5.74, 6) is -2.04. The number of amides is 1. The fourth-order valence-corrected chi connectivity index (χ4v) is 1.08. The van der Waals surface area contributed by atoms with Crippen molar-refractivity contribution in [1.29, 1.82) is 0 Å². The van der Waals surface area contributed by atoms with Crippen LogP contribution in [0, 0.1) is 0 Å². The van der Waals surface area contributed by atoms with Gasteiger partial charge in [0, 0.05) is 0 Å². The van der Waals surface area contributed by atoms with E-state index >= 15 is 0 Å². The minimum atomic E-state index is -2.02. The van der Waals surface area contributed by atoms with Crippen molar-refractivity contribution in [2.75, 3.05) is 6.54 Å². The zero-order chi connectivity index (χ0) is 12.3. The summed E-state index contributed by atoms with van der Waals surface area (Å²) in [5, 5.41) is 20.1. The first-order chi connectivity index (χ1) is 7.34. The Morgan fingerprint density at radius 3 is 2.69 bits per heavy atom. The van der Waals surface area contributed by atoms with Crippen LogP contribution in [0.5, 0.6) is 0 Å². The number of carbonyl (C=O) groups excluding carboxylic acids is 1. The standard InChI is InChI=1S/C9H10ClNO5/c1-9(15,8(13)14)4-11-7(12)5-2-3-16-6(5)10/h2-3,15H,4H2,1H3,(H,11,12)(H,13,14). The lowest BCUT2D eigenvalue weighted by molar-refractivity contribution is -0.155. The molecule has 0 saturated heterocycles. The number of carboxylic acid groups (broad SMARTS) is 1. The molecule has 0 spiro atoms. The van der Waals surface area contributed by atoms with Gasteiger partial charge in [0.05, 0.1) is 18.4 Å². The molecule has 1 rings (SSSR count). The topological polar surface area (TPSA) is 99.8 Å². The molecule has 0 saturated carbocycles. The highest BCUT2D eigenvalue weighted by atomic mass is 35.5. The molecule has 7 heteroatoms. The van der Waals surface area contributed by atoms with E-state index in [1.54, 1.807) is 0 Å². The number of hydrogen-bond donors (Lipinski definition) is 3. The van der Waals surface area contributed by atoms with E-state index in [0.29, 0.717) is 0 Å². The molecular formula is C9H10ClNO5. The maximum Gasteiger partial charge on any atom is 0.337 e. The van der Waals surface area contributed by atoms with Gasteiger partial charge in [-0.05, 0) is 24.6 Å². The first-order valence-electron chi connectivity index (χ1n) is 4.31. The first kappa shape index (κ1) is 12.5. The summed E-state index contributed by atoms with van der Waals surface area (Å²) in [6.07, 6.45) is 1.23. The second-order valence-electron chi connectivity index (χ2n) is 3.37. The Labute approximate surface area is 95.8 Å². The summed E-state index contributed by atoms with van der Waals surface area (Å²) in [4.78, 5) is 22.0. The number of rotatable bonds is 4. The van der Waals surface area contributed by atoms with Crippen LogP contribution < -0.4 is 5.32 Å². The van der Waals surface area contributed by atoms with Crippen molar-refractivity contribution in [3.63, 3.8) is 0 Å². The van der Waals surface area contributed by atoms with Gasteiger partial charge in [0.1, 0.15) is 0 Å². The van der Waals surface area contributed by atoms with Crippen molar-refractivity contribution >= 4 is 23.5 Å². The highest BCUT2D eigenvalue weighted by Gasteiger charge is 2.30. The SMILES string of the molecule is CC(O)(CNC(=O)c1ccoc1Cl)C(=O)O. The van der Waals surface area contributed by atoms with Crippen molar-refractivity contribution < 1.29 is 24.2 Å². The summed E-state index contributed by atoms with van der Waals surface area (Å²) < 4.78 is 4.69. The summed E-state index contributed by atoms with van der Waals surface area (Å²) in [7, 11) is 0. The zero-order valence-corrected chi connectivity index (χ0v) is 9.11. The fourth-order valence-electron chi connectivity index (χ4n) is 0.879. The summed E-state index contributed by atoms with van der Waals surface area (Å²) >= 11 is 5.54. The monoisotopic (exact) mass is 247 g/mol. The Kier molecular flexibility index (Phi) is 3.56. The summed E-state index contributed by atoms with van der Waals surface area (Å²) in [6.45, 7) is 0.648. The van der Waals surface area contributed by atoms with Crippen LogP contribution in [-0.4, -0.2) is 34.2 Å². The molecule has 1 amide bonds. The Morgan fingerprint density at radius 2 is 2.25 bits per heavy atom. The molecule has 1 unspecified atom stereocenters. The maximum absolute atomic E-state index is 11.4. The van der Waals surface area contributed by atoms with Crippen molar-refractivity contribution in [2.24, 2.45) is 0 Å². The number of carboxylic acids is 1. The third kappa shape index (κ3) is 2.74. The molecule has 6 nitrogen and oxygen atoms in total. The van der Waals surface area contributed by atoms with Crippen LogP contribution in [0.2, 0.25) is 5.22 Å². The lowest BCUT2D eigenvalue weighted by atomic mass is 10.1. The van der Waals surface area contributed by atoms with E-state index in [2.05, 4.69) is 5.32 Å². The lowest BCUT2D eigenvalue weighted by Gasteiger charge is -2.17. The Hall–Kier alpha value is -1.53. The zero-order valence-electron chi connectivity index (χ0n) is 8.36. The molecule has 16 heavy (non-hydrogen) atoms. The average molecular weight is 248 g/mol. The van der Waals surface area contributed by atoms with Gasteiger partial charge in [0.2, 0.25) is 5.22 Å². The number of nitrogens with one attached hydrogen (secondary N) is 1. The predicted molar refractivity (Wildman–Crippen MR) is 54.3 cm³/mol. The quantitative estimate of drug-likeness (QED) is 0.719. The van der Waals surface area contributed by atoms with Crippen molar-refractivity contribution in [3.05, 3.63) is 23.1 Å². The van der Waals surface area contributed by atoms with Gasteiger partial charge in [0.25, 0.3) is 5.91 Å². The highest BCUT2D eigenvalue weighted by molar-refractivity contribution is 6.32. The van der Waals surface area contributed by atoms with Gasteiger partial charge in [-0.15, -0.1) is 0 Å². The molecule has 0 fully saturated rings. The van der Waals surface area contributed by atoms with E-state index in [4.69, 9.17) is 21.1 Å². The normalized spacial score (nSPS) is 14.2. The van der Waals surface area contributed by atoms with E-state index in [0.717, 1.165) is 6.92 Å². The molecule has 3 N–H and O–H groups in total. The van der Waals surface area contributed by atoms with Crippen LogP contribution in [-0.2, 0) is 4.79 Å². The van der Waals surface area contributed by atoms with Gasteiger partial charge in [-0.3, -0.25) is 4.79 Å². The number of furan rings is 1. The number of halogens is 1. The van der Waals surface area contributed by atoms with Gasteiger partial charge in [-0.1, -0.05) is 0 Å². The third-order valence-corrected chi connectivity index (χ3v) is 2.21. The molecule has 1 heterocycles. The predicted octanol–water partition coefficient (Wildman–Crippen LogP) is 0.498. The van der Waals surface area contributed by atoms with Gasteiger partial charge < -0.3 is 19.9 Å². The Bertz CT molecular complexity index is 412. The highest BCUT2D eigenvalue weighted by Crippen LogP contribution is 2.16. The van der Waals surface area contributed by atoms with Crippen LogP contribution >= 0.6 is 11.6 Å². The van der Waals surface area contributed by atoms with Gasteiger partial charge in [-0.2, -0.15) is 0 Å². The second-order valence-corrected chi connectivity index (χ2v) is 3.71. The van der Waals surface area contributed by atoms with Crippen LogP contribution in [0.25, 0.3) is 0 Å². The van der Waals surface area contributed by atoms with Crippen LogP contribution in [0.3, 0.4) is 0 Å². The van der Waals surface area contributed by atoms with E-state index in [-0.39, 0.29) is 10.8 Å². The number of aliphatic carboxylic acids is 1. The Balaban J connectivity index is 2.61. The van der Waals surface area contributed by atoms with Crippen LogP contribution in [0.15, 0.2) is 16.7 Å². The smallest absolute Gasteiger partial charge is 0.337 e. The van der Waals surface area contributed by atoms with E-state index < -0.39 is 24.0 Å². The largest absolute Gasteiger partial charge is 0.479 e. The molecule has 0 radical (unpaired) electrons. The molecule has 1 aromatic heterocycles. The molecule has 88 valence electrons. The second kappa shape index (κ2) is 4.54. The fraction of sp³-hybridized carbons (Fsp3) is 0.333. The molecule has 0 aliphatic rings. The number of aliphatic hydroxyl groups is 1. The maximum atomic E-state index is 11.4. The van der Waals surface area contributed by atoms with Gasteiger partial charge in [0.15, 0.2) is 5.60 Å². The average Bonchev–Trinajstić information content (AvgIpc) is 2.61. The molecule has 1 aromatic rings. The third-order valence-electron chi connectivity index (χ3n) is 1.92. The van der Waals surface area contributed by atoms with Crippen molar-refractivity contribution in [3.8, 4) is 0 Å². The van der Waals surface area contributed by atoms with Crippen LogP contribution in [0.4, 0.5) is 0 Å². The molecule has 0 aromatic carbocycles. The molecule has 0 aliphatic carbocycles. The van der Waals surface area contributed by atoms with Gasteiger partial charge in [-0.25, -0.2) is 4.79 Å². The number of hydrogen-bond acceptors (Lipinski definition) is 4. The molecular weight excluding hydrogens is 238 g/mol. The van der Waals surface area contributed by atoms with E-state index in [1.165, 1.54) is 12.3 Å². The van der Waals surface area contributed by atoms with E-state index in [9.17, 15) is 14.7 Å². The Morgan fingerprint density at radius 1 is 1.62 bits per heavy atom. The number of carbonyl (C=O) groups is 2. The van der Waals surface area contributed by atoms with Crippen molar-refractivity contribution in [2.45, 2.75) is 12.5 Å². The molecule has 0 aliphatic heterocycles. The summed E-state index contributed by atoms with van der Waals surface area (Å²) in [6, 6.07) is 1.34. The first-order valence-corrected chi connectivity index (χ1v) is 4.69. The van der Waals surface area contributed by atoms with Crippen LogP contribution in [0.1, 0.15) is 17.3 Å².